The Morgan fingerprint density at radius 1 is 1.64 bits per heavy atom. The molecule has 0 aliphatic rings. The average molecular weight is 194 g/mol. The third kappa shape index (κ3) is 3.89. The van der Waals surface area contributed by atoms with Gasteiger partial charge in [0, 0.05) is 19.2 Å². The molecule has 0 atom stereocenters. The van der Waals surface area contributed by atoms with E-state index in [0.717, 1.165) is 11.4 Å². The maximum absolute atomic E-state index is 10.2. The molecule has 0 saturated heterocycles. The molecule has 0 unspecified atom stereocenters. The van der Waals surface area contributed by atoms with Gasteiger partial charge in [-0.15, -0.1) is 0 Å². The number of anilines is 1. The van der Waals surface area contributed by atoms with Crippen LogP contribution in [-0.4, -0.2) is 22.6 Å². The Hall–Kier alpha value is -1.58. The minimum atomic E-state index is -0.760. The standard InChI is InChI=1S/C10H14N2O2/c1-8-4-6-12-9(7-8)11-5-2-3-10(13)14/h4,6-7H,2-3,5H2,1H3,(H,11,12)(H,13,14). The number of aliphatic carboxylic acids is 1. The fourth-order valence-corrected chi connectivity index (χ4v) is 1.09. The molecule has 4 heteroatoms. The first-order valence-corrected chi connectivity index (χ1v) is 4.57. The van der Waals surface area contributed by atoms with E-state index in [1.807, 2.05) is 19.1 Å². The average Bonchev–Trinajstić information content (AvgIpc) is 2.12. The van der Waals surface area contributed by atoms with E-state index in [2.05, 4.69) is 10.3 Å². The van der Waals surface area contributed by atoms with Gasteiger partial charge in [-0.1, -0.05) is 0 Å². The number of aryl methyl sites for hydroxylation is 1. The summed E-state index contributed by atoms with van der Waals surface area (Å²) in [6.07, 6.45) is 2.54. The minimum Gasteiger partial charge on any atom is -0.481 e. The number of nitrogens with zero attached hydrogens (tertiary/aromatic N) is 1. The quantitative estimate of drug-likeness (QED) is 0.700. The van der Waals surface area contributed by atoms with Gasteiger partial charge in [0.2, 0.25) is 0 Å². The van der Waals surface area contributed by atoms with Gasteiger partial charge in [0.1, 0.15) is 5.82 Å². The number of rotatable bonds is 5. The van der Waals surface area contributed by atoms with E-state index < -0.39 is 5.97 Å². The van der Waals surface area contributed by atoms with Gasteiger partial charge in [0.25, 0.3) is 0 Å². The second kappa shape index (κ2) is 5.21. The first-order valence-electron chi connectivity index (χ1n) is 4.57. The highest BCUT2D eigenvalue weighted by molar-refractivity contribution is 5.66. The summed E-state index contributed by atoms with van der Waals surface area (Å²) in [5.41, 5.74) is 1.14. The van der Waals surface area contributed by atoms with Crippen LogP contribution >= 0.6 is 0 Å². The van der Waals surface area contributed by atoms with Crippen molar-refractivity contribution in [2.75, 3.05) is 11.9 Å². The van der Waals surface area contributed by atoms with Crippen molar-refractivity contribution < 1.29 is 9.90 Å². The highest BCUT2D eigenvalue weighted by Gasteiger charge is 1.97. The first-order chi connectivity index (χ1) is 6.68. The van der Waals surface area contributed by atoms with Crippen LogP contribution in [0.3, 0.4) is 0 Å². The molecule has 0 aliphatic carbocycles. The van der Waals surface area contributed by atoms with E-state index in [1.165, 1.54) is 0 Å². The minimum absolute atomic E-state index is 0.193. The highest BCUT2D eigenvalue weighted by atomic mass is 16.4. The van der Waals surface area contributed by atoms with Crippen molar-refractivity contribution in [3.8, 4) is 0 Å². The van der Waals surface area contributed by atoms with Crippen LogP contribution < -0.4 is 5.32 Å². The third-order valence-electron chi connectivity index (χ3n) is 1.79. The normalized spacial score (nSPS) is 9.79. The summed E-state index contributed by atoms with van der Waals surface area (Å²) >= 11 is 0. The number of carboxylic acids is 1. The Kier molecular flexibility index (Phi) is 3.91. The molecule has 1 heterocycles. The molecule has 0 radical (unpaired) electrons. The monoisotopic (exact) mass is 194 g/mol. The van der Waals surface area contributed by atoms with Crippen molar-refractivity contribution in [2.45, 2.75) is 19.8 Å². The van der Waals surface area contributed by atoms with Gasteiger partial charge in [-0.05, 0) is 31.0 Å². The molecule has 76 valence electrons. The fourth-order valence-electron chi connectivity index (χ4n) is 1.09. The van der Waals surface area contributed by atoms with Crippen molar-refractivity contribution in [1.82, 2.24) is 4.98 Å². The molecular weight excluding hydrogens is 180 g/mol. The zero-order valence-corrected chi connectivity index (χ0v) is 8.16. The molecule has 0 amide bonds. The predicted molar refractivity (Wildman–Crippen MR) is 54.3 cm³/mol. The van der Waals surface area contributed by atoms with E-state index in [-0.39, 0.29) is 6.42 Å². The van der Waals surface area contributed by atoms with Crippen molar-refractivity contribution in [2.24, 2.45) is 0 Å². The molecular formula is C10H14N2O2. The number of aromatic nitrogens is 1. The maximum atomic E-state index is 10.2. The zero-order valence-electron chi connectivity index (χ0n) is 8.16. The number of hydrogen-bond donors (Lipinski definition) is 2. The summed E-state index contributed by atoms with van der Waals surface area (Å²) in [5, 5.41) is 11.5. The molecule has 0 spiro atoms. The van der Waals surface area contributed by atoms with Crippen molar-refractivity contribution >= 4 is 11.8 Å². The summed E-state index contributed by atoms with van der Waals surface area (Å²) in [7, 11) is 0. The number of nitrogens with one attached hydrogen (secondary N) is 1. The van der Waals surface area contributed by atoms with Gasteiger partial charge in [-0.2, -0.15) is 0 Å². The van der Waals surface area contributed by atoms with E-state index in [0.29, 0.717) is 13.0 Å². The van der Waals surface area contributed by atoms with Crippen LogP contribution in [-0.2, 0) is 4.79 Å². The van der Waals surface area contributed by atoms with Crippen LogP contribution in [0.5, 0.6) is 0 Å². The highest BCUT2D eigenvalue weighted by Crippen LogP contribution is 2.05. The number of carboxylic acid groups (broad SMARTS) is 1. The van der Waals surface area contributed by atoms with Crippen LogP contribution in [0, 0.1) is 6.92 Å². The molecule has 2 N–H and O–H groups in total. The molecule has 0 saturated carbocycles. The third-order valence-corrected chi connectivity index (χ3v) is 1.79. The Labute approximate surface area is 83.0 Å². The van der Waals surface area contributed by atoms with E-state index >= 15 is 0 Å². The first kappa shape index (κ1) is 10.5. The molecule has 1 aromatic rings. The van der Waals surface area contributed by atoms with Gasteiger partial charge < -0.3 is 10.4 Å². The summed E-state index contributed by atoms with van der Waals surface area (Å²) in [6.45, 7) is 2.63. The van der Waals surface area contributed by atoms with E-state index in [1.54, 1.807) is 6.20 Å². The lowest BCUT2D eigenvalue weighted by Gasteiger charge is -2.04. The number of hydrogen-bond acceptors (Lipinski definition) is 3. The predicted octanol–water partition coefficient (Wildman–Crippen LogP) is 1.67. The fraction of sp³-hybridized carbons (Fsp3) is 0.400. The van der Waals surface area contributed by atoms with Crippen molar-refractivity contribution in [1.29, 1.82) is 0 Å². The van der Waals surface area contributed by atoms with Gasteiger partial charge in [0.05, 0.1) is 0 Å². The number of pyridine rings is 1. The topological polar surface area (TPSA) is 62.2 Å². The van der Waals surface area contributed by atoms with Crippen LogP contribution in [0.25, 0.3) is 0 Å². The molecule has 1 rings (SSSR count). The molecule has 4 nitrogen and oxygen atoms in total. The Balaban J connectivity index is 2.28. The van der Waals surface area contributed by atoms with Crippen LogP contribution in [0.1, 0.15) is 18.4 Å². The molecule has 0 aliphatic heterocycles. The summed E-state index contributed by atoms with van der Waals surface area (Å²) in [5.74, 6) is 0.0411. The molecule has 0 bridgehead atoms. The maximum Gasteiger partial charge on any atom is 0.303 e. The SMILES string of the molecule is Cc1ccnc(NCCCC(=O)O)c1. The smallest absolute Gasteiger partial charge is 0.303 e. The van der Waals surface area contributed by atoms with Gasteiger partial charge in [0.15, 0.2) is 0 Å². The van der Waals surface area contributed by atoms with Gasteiger partial charge in [-0.25, -0.2) is 4.98 Å². The number of carbonyl (C=O) groups is 1. The Bertz CT molecular complexity index is 313. The van der Waals surface area contributed by atoms with Crippen molar-refractivity contribution in [3.05, 3.63) is 23.9 Å². The van der Waals surface area contributed by atoms with Crippen LogP contribution in [0.2, 0.25) is 0 Å². The summed E-state index contributed by atoms with van der Waals surface area (Å²) < 4.78 is 0. The Morgan fingerprint density at radius 2 is 2.43 bits per heavy atom. The Morgan fingerprint density at radius 3 is 3.07 bits per heavy atom. The molecule has 0 aromatic carbocycles. The van der Waals surface area contributed by atoms with Gasteiger partial charge in [-0.3, -0.25) is 4.79 Å². The van der Waals surface area contributed by atoms with Crippen molar-refractivity contribution in [3.63, 3.8) is 0 Å². The van der Waals surface area contributed by atoms with Gasteiger partial charge >= 0.3 is 5.97 Å². The lowest BCUT2D eigenvalue weighted by Crippen LogP contribution is -2.05. The largest absolute Gasteiger partial charge is 0.481 e. The zero-order chi connectivity index (χ0) is 10.4. The van der Waals surface area contributed by atoms with E-state index in [4.69, 9.17) is 5.11 Å². The summed E-state index contributed by atoms with van der Waals surface area (Å²) in [6, 6.07) is 3.85. The van der Waals surface area contributed by atoms with Crippen LogP contribution in [0.4, 0.5) is 5.82 Å². The molecule has 1 aromatic heterocycles. The second-order valence-electron chi connectivity index (χ2n) is 3.14. The van der Waals surface area contributed by atoms with E-state index in [9.17, 15) is 4.79 Å². The lowest BCUT2D eigenvalue weighted by atomic mass is 10.3. The molecule has 14 heavy (non-hydrogen) atoms. The summed E-state index contributed by atoms with van der Waals surface area (Å²) in [4.78, 5) is 14.3. The molecule has 0 fully saturated rings. The second-order valence-corrected chi connectivity index (χ2v) is 3.14. The lowest BCUT2D eigenvalue weighted by molar-refractivity contribution is -0.137. The van der Waals surface area contributed by atoms with Crippen LogP contribution in [0.15, 0.2) is 18.3 Å².